The third-order valence-electron chi connectivity index (χ3n) is 3.63. The molecule has 0 radical (unpaired) electrons. The quantitative estimate of drug-likeness (QED) is 0.631. The normalized spacial score (nSPS) is 15.9. The molecule has 1 aliphatic heterocycles. The van der Waals surface area contributed by atoms with Gasteiger partial charge in [-0.25, -0.2) is 5.43 Å². The second-order valence-electron chi connectivity index (χ2n) is 4.64. The van der Waals surface area contributed by atoms with Crippen LogP contribution in [-0.2, 0) is 9.59 Å². The first-order valence-corrected chi connectivity index (χ1v) is 6.31. The smallest absolute Gasteiger partial charge is 0.267 e. The summed E-state index contributed by atoms with van der Waals surface area (Å²) in [6, 6.07) is 0. The van der Waals surface area contributed by atoms with Crippen molar-refractivity contribution in [1.82, 2.24) is 10.7 Å². The molecule has 2 amide bonds. The number of carbonyl (C=O) groups is 2. The van der Waals surface area contributed by atoms with Crippen molar-refractivity contribution in [3.8, 4) is 0 Å². The van der Waals surface area contributed by atoms with Crippen molar-refractivity contribution in [2.75, 3.05) is 13.2 Å². The molecule has 102 valence electrons. The lowest BCUT2D eigenvalue weighted by atomic mass is 9.83. The highest BCUT2D eigenvalue weighted by Crippen LogP contribution is 2.24. The molecule has 0 aromatic rings. The first-order chi connectivity index (χ1) is 8.56. The minimum absolute atomic E-state index is 0.0451. The number of nitrogens with zero attached hydrogens (tertiary/aromatic N) is 1. The molecule has 6 nitrogen and oxygen atoms in total. The van der Waals surface area contributed by atoms with E-state index in [1.54, 1.807) is 0 Å². The van der Waals surface area contributed by atoms with Gasteiger partial charge in [0.15, 0.2) is 0 Å². The molecule has 0 saturated carbocycles. The highest BCUT2D eigenvalue weighted by molar-refractivity contribution is 6.39. The van der Waals surface area contributed by atoms with Crippen LogP contribution in [0.1, 0.15) is 39.5 Å². The topological polar surface area (TPSA) is 90.8 Å². The van der Waals surface area contributed by atoms with Crippen molar-refractivity contribution in [3.63, 3.8) is 0 Å². The minimum Gasteiger partial charge on any atom is -0.396 e. The van der Waals surface area contributed by atoms with Crippen molar-refractivity contribution in [3.05, 3.63) is 0 Å². The van der Waals surface area contributed by atoms with E-state index in [2.05, 4.69) is 15.8 Å². The van der Waals surface area contributed by atoms with E-state index in [1.165, 1.54) is 0 Å². The van der Waals surface area contributed by atoms with Gasteiger partial charge in [0.2, 0.25) is 5.91 Å². The Bertz CT molecular complexity index is 340. The number of hydrogen-bond donors (Lipinski definition) is 3. The lowest BCUT2D eigenvalue weighted by Gasteiger charge is -2.29. The van der Waals surface area contributed by atoms with E-state index in [-0.39, 0.29) is 23.8 Å². The Morgan fingerprint density at radius 3 is 2.56 bits per heavy atom. The summed E-state index contributed by atoms with van der Waals surface area (Å²) in [5.74, 6) is -0.437. The van der Waals surface area contributed by atoms with Crippen LogP contribution in [0.25, 0.3) is 0 Å². The van der Waals surface area contributed by atoms with Crippen molar-refractivity contribution in [2.45, 2.75) is 39.5 Å². The summed E-state index contributed by atoms with van der Waals surface area (Å²) in [6.45, 7) is 4.44. The zero-order chi connectivity index (χ0) is 13.6. The molecule has 1 heterocycles. The molecular formula is C12H21N3O3. The van der Waals surface area contributed by atoms with Crippen LogP contribution in [0, 0.1) is 5.41 Å². The van der Waals surface area contributed by atoms with Gasteiger partial charge in [0.25, 0.3) is 5.91 Å². The lowest BCUT2D eigenvalue weighted by Crippen LogP contribution is -2.43. The minimum atomic E-state index is -0.270. The van der Waals surface area contributed by atoms with Crippen LogP contribution in [0.3, 0.4) is 0 Å². The second kappa shape index (κ2) is 6.49. The van der Waals surface area contributed by atoms with Gasteiger partial charge in [-0.1, -0.05) is 13.8 Å². The van der Waals surface area contributed by atoms with E-state index in [9.17, 15) is 14.7 Å². The molecule has 0 spiro atoms. The molecule has 3 N–H and O–H groups in total. The first-order valence-electron chi connectivity index (χ1n) is 6.31. The molecule has 0 aromatic carbocycles. The predicted octanol–water partition coefficient (Wildman–Crippen LogP) is 0.167. The molecule has 0 saturated heterocycles. The number of hydrogen-bond acceptors (Lipinski definition) is 4. The molecule has 0 fully saturated rings. The van der Waals surface area contributed by atoms with Crippen molar-refractivity contribution in [1.29, 1.82) is 0 Å². The predicted molar refractivity (Wildman–Crippen MR) is 67.9 cm³/mol. The van der Waals surface area contributed by atoms with Gasteiger partial charge in [-0.3, -0.25) is 9.59 Å². The van der Waals surface area contributed by atoms with Crippen molar-refractivity contribution < 1.29 is 14.7 Å². The van der Waals surface area contributed by atoms with Gasteiger partial charge >= 0.3 is 0 Å². The van der Waals surface area contributed by atoms with Gasteiger partial charge in [0.1, 0.15) is 5.71 Å². The van der Waals surface area contributed by atoms with E-state index in [1.807, 2.05) is 13.8 Å². The maximum Gasteiger partial charge on any atom is 0.267 e. The Balaban J connectivity index is 2.53. The van der Waals surface area contributed by atoms with Crippen LogP contribution in [0.2, 0.25) is 0 Å². The summed E-state index contributed by atoms with van der Waals surface area (Å²) in [5, 5.41) is 15.9. The van der Waals surface area contributed by atoms with E-state index in [0.717, 1.165) is 12.8 Å². The van der Waals surface area contributed by atoms with Crippen LogP contribution >= 0.6 is 0 Å². The highest BCUT2D eigenvalue weighted by atomic mass is 16.3. The zero-order valence-corrected chi connectivity index (χ0v) is 11.0. The Labute approximate surface area is 107 Å². The lowest BCUT2D eigenvalue weighted by molar-refractivity contribution is -0.121. The number of hydrazone groups is 1. The first kappa shape index (κ1) is 14.6. The summed E-state index contributed by atoms with van der Waals surface area (Å²) in [7, 11) is 0. The summed E-state index contributed by atoms with van der Waals surface area (Å²) in [4.78, 5) is 22.7. The second-order valence-corrected chi connectivity index (χ2v) is 4.64. The zero-order valence-electron chi connectivity index (χ0n) is 11.0. The summed E-state index contributed by atoms with van der Waals surface area (Å²) < 4.78 is 0. The standard InChI is InChI=1S/C12H21N3O3/c1-3-12(4-2,8-16)7-13-11(18)9-5-6-10(17)15-14-9/h16H,3-8H2,1-2H3,(H,13,18)(H,15,17). The molecule has 1 aliphatic rings. The fourth-order valence-corrected chi connectivity index (χ4v) is 1.79. The molecule has 6 heteroatoms. The van der Waals surface area contributed by atoms with Gasteiger partial charge in [-0.05, 0) is 12.8 Å². The summed E-state index contributed by atoms with van der Waals surface area (Å²) >= 11 is 0. The van der Waals surface area contributed by atoms with Crippen molar-refractivity contribution >= 4 is 17.5 Å². The van der Waals surface area contributed by atoms with Crippen LogP contribution in [0.5, 0.6) is 0 Å². The molecule has 0 unspecified atom stereocenters. The maximum atomic E-state index is 11.8. The fourth-order valence-electron chi connectivity index (χ4n) is 1.79. The Morgan fingerprint density at radius 1 is 1.44 bits per heavy atom. The molecule has 0 aromatic heterocycles. The Morgan fingerprint density at radius 2 is 2.11 bits per heavy atom. The van der Waals surface area contributed by atoms with Gasteiger partial charge < -0.3 is 10.4 Å². The number of carbonyl (C=O) groups excluding carboxylic acids is 2. The molecular weight excluding hydrogens is 234 g/mol. The number of aliphatic hydroxyl groups is 1. The molecule has 0 atom stereocenters. The molecule has 18 heavy (non-hydrogen) atoms. The van der Waals surface area contributed by atoms with E-state index < -0.39 is 0 Å². The number of nitrogens with one attached hydrogen (secondary N) is 2. The largest absolute Gasteiger partial charge is 0.396 e. The van der Waals surface area contributed by atoms with Crippen LogP contribution in [0.15, 0.2) is 5.10 Å². The average molecular weight is 255 g/mol. The summed E-state index contributed by atoms with van der Waals surface area (Å²) in [6.07, 6.45) is 2.24. The van der Waals surface area contributed by atoms with Crippen molar-refractivity contribution in [2.24, 2.45) is 10.5 Å². The van der Waals surface area contributed by atoms with Gasteiger partial charge in [0, 0.05) is 24.8 Å². The summed E-state index contributed by atoms with van der Waals surface area (Å²) in [5.41, 5.74) is 2.36. The number of rotatable bonds is 6. The fraction of sp³-hybridized carbons (Fsp3) is 0.750. The third-order valence-corrected chi connectivity index (χ3v) is 3.63. The molecule has 0 aliphatic carbocycles. The average Bonchev–Trinajstić information content (AvgIpc) is 2.41. The van der Waals surface area contributed by atoms with E-state index in [4.69, 9.17) is 0 Å². The van der Waals surface area contributed by atoms with Crippen LogP contribution in [-0.4, -0.2) is 35.8 Å². The number of aliphatic hydroxyl groups excluding tert-OH is 1. The molecule has 0 bridgehead atoms. The maximum absolute atomic E-state index is 11.8. The highest BCUT2D eigenvalue weighted by Gasteiger charge is 2.27. The van der Waals surface area contributed by atoms with E-state index in [0.29, 0.717) is 25.1 Å². The van der Waals surface area contributed by atoms with Gasteiger partial charge in [-0.15, -0.1) is 0 Å². The number of amides is 2. The van der Waals surface area contributed by atoms with Crippen LogP contribution in [0.4, 0.5) is 0 Å². The Kier molecular flexibility index (Phi) is 5.27. The third kappa shape index (κ3) is 3.53. The van der Waals surface area contributed by atoms with Crippen LogP contribution < -0.4 is 10.7 Å². The van der Waals surface area contributed by atoms with E-state index >= 15 is 0 Å². The molecule has 1 rings (SSSR count). The SMILES string of the molecule is CCC(CC)(CO)CNC(=O)C1=NNC(=O)CC1. The van der Waals surface area contributed by atoms with Gasteiger partial charge in [-0.2, -0.15) is 5.10 Å². The Hall–Kier alpha value is -1.43. The monoisotopic (exact) mass is 255 g/mol. The van der Waals surface area contributed by atoms with Gasteiger partial charge in [0.05, 0.1) is 6.61 Å².